The molecule has 0 radical (unpaired) electrons. The van der Waals surface area contributed by atoms with Gasteiger partial charge in [0.25, 0.3) is 5.91 Å². The highest BCUT2D eigenvalue weighted by Crippen LogP contribution is 2.01. The molecule has 0 saturated heterocycles. The second-order valence-corrected chi connectivity index (χ2v) is 3.84. The standard InChI is InChI=1S/C12H21N5O/c1-4-17(5-2)9-8-14-11-7-6-10(15-16-11)12(18)13-3/h6-7H,4-5,8-9H2,1-3H3,(H,13,18)(H,14,16). The molecule has 0 aromatic carbocycles. The van der Waals surface area contributed by atoms with Crippen molar-refractivity contribution in [2.75, 3.05) is 38.5 Å². The Morgan fingerprint density at radius 3 is 2.50 bits per heavy atom. The van der Waals surface area contributed by atoms with Crippen LogP contribution in [0.4, 0.5) is 5.82 Å². The van der Waals surface area contributed by atoms with E-state index in [2.05, 4.69) is 39.6 Å². The zero-order valence-electron chi connectivity index (χ0n) is 11.2. The average molecular weight is 251 g/mol. The van der Waals surface area contributed by atoms with Gasteiger partial charge in [0, 0.05) is 20.1 Å². The van der Waals surface area contributed by atoms with E-state index >= 15 is 0 Å². The summed E-state index contributed by atoms with van der Waals surface area (Å²) in [5.41, 5.74) is 0.326. The quantitative estimate of drug-likeness (QED) is 0.742. The lowest BCUT2D eigenvalue weighted by Crippen LogP contribution is -2.28. The van der Waals surface area contributed by atoms with Gasteiger partial charge in [-0.25, -0.2) is 0 Å². The molecule has 18 heavy (non-hydrogen) atoms. The van der Waals surface area contributed by atoms with Crippen LogP contribution in [-0.4, -0.2) is 54.2 Å². The van der Waals surface area contributed by atoms with Gasteiger partial charge in [0.15, 0.2) is 5.69 Å². The molecule has 0 unspecified atom stereocenters. The number of anilines is 1. The number of nitrogens with zero attached hydrogens (tertiary/aromatic N) is 3. The van der Waals surface area contributed by atoms with Gasteiger partial charge in [-0.05, 0) is 25.2 Å². The monoisotopic (exact) mass is 251 g/mol. The van der Waals surface area contributed by atoms with Gasteiger partial charge in [-0.15, -0.1) is 10.2 Å². The minimum absolute atomic E-state index is 0.225. The second-order valence-electron chi connectivity index (χ2n) is 3.84. The van der Waals surface area contributed by atoms with Crippen molar-refractivity contribution in [2.45, 2.75) is 13.8 Å². The summed E-state index contributed by atoms with van der Waals surface area (Å²) in [6.45, 7) is 8.14. The van der Waals surface area contributed by atoms with Crippen LogP contribution >= 0.6 is 0 Å². The first-order valence-corrected chi connectivity index (χ1v) is 6.23. The molecular formula is C12H21N5O. The van der Waals surface area contributed by atoms with E-state index in [0.717, 1.165) is 26.2 Å². The Balaban J connectivity index is 2.42. The van der Waals surface area contributed by atoms with Gasteiger partial charge in [-0.2, -0.15) is 0 Å². The first-order valence-electron chi connectivity index (χ1n) is 6.23. The van der Waals surface area contributed by atoms with Crippen molar-refractivity contribution in [3.8, 4) is 0 Å². The molecule has 0 aliphatic heterocycles. The molecule has 0 saturated carbocycles. The summed E-state index contributed by atoms with van der Waals surface area (Å²) in [5.74, 6) is 0.465. The lowest BCUT2D eigenvalue weighted by atomic mass is 10.3. The molecule has 1 aromatic rings. The van der Waals surface area contributed by atoms with Gasteiger partial charge < -0.3 is 15.5 Å². The van der Waals surface area contributed by atoms with Crippen molar-refractivity contribution in [3.05, 3.63) is 17.8 Å². The maximum Gasteiger partial charge on any atom is 0.271 e. The SMILES string of the molecule is CCN(CC)CCNc1ccc(C(=O)NC)nn1. The third-order valence-corrected chi connectivity index (χ3v) is 2.75. The zero-order chi connectivity index (χ0) is 13.4. The largest absolute Gasteiger partial charge is 0.367 e. The Bertz CT molecular complexity index is 361. The topological polar surface area (TPSA) is 70.2 Å². The third-order valence-electron chi connectivity index (χ3n) is 2.75. The van der Waals surface area contributed by atoms with Crippen molar-refractivity contribution in [1.82, 2.24) is 20.4 Å². The lowest BCUT2D eigenvalue weighted by molar-refractivity contribution is 0.0957. The number of likely N-dealkylation sites (N-methyl/N-ethyl adjacent to an activating group) is 1. The van der Waals surface area contributed by atoms with E-state index in [1.807, 2.05) is 0 Å². The summed E-state index contributed by atoms with van der Waals surface area (Å²) in [4.78, 5) is 13.6. The Labute approximate surface area is 108 Å². The van der Waals surface area contributed by atoms with Gasteiger partial charge >= 0.3 is 0 Å². The number of nitrogens with one attached hydrogen (secondary N) is 2. The maximum absolute atomic E-state index is 11.3. The summed E-state index contributed by atoms with van der Waals surface area (Å²) < 4.78 is 0. The molecule has 0 fully saturated rings. The molecule has 0 bridgehead atoms. The highest BCUT2D eigenvalue weighted by Gasteiger charge is 2.05. The number of hydrogen-bond donors (Lipinski definition) is 2. The van der Waals surface area contributed by atoms with Gasteiger partial charge in [-0.1, -0.05) is 13.8 Å². The van der Waals surface area contributed by atoms with Crippen LogP contribution in [0.5, 0.6) is 0 Å². The molecule has 6 nitrogen and oxygen atoms in total. The maximum atomic E-state index is 11.3. The van der Waals surface area contributed by atoms with Crippen LogP contribution in [0.3, 0.4) is 0 Å². The summed E-state index contributed by atoms with van der Waals surface area (Å²) >= 11 is 0. The smallest absolute Gasteiger partial charge is 0.271 e. The zero-order valence-corrected chi connectivity index (χ0v) is 11.2. The minimum atomic E-state index is -0.225. The highest BCUT2D eigenvalue weighted by molar-refractivity contribution is 5.91. The number of amides is 1. The average Bonchev–Trinajstić information content (AvgIpc) is 2.43. The van der Waals surface area contributed by atoms with E-state index in [1.165, 1.54) is 0 Å². The first kappa shape index (κ1) is 14.4. The third kappa shape index (κ3) is 4.29. The van der Waals surface area contributed by atoms with Crippen LogP contribution in [0, 0.1) is 0 Å². The highest BCUT2D eigenvalue weighted by atomic mass is 16.1. The molecule has 1 amide bonds. The predicted molar refractivity (Wildman–Crippen MR) is 71.7 cm³/mol. The van der Waals surface area contributed by atoms with Crippen LogP contribution in [0.2, 0.25) is 0 Å². The Morgan fingerprint density at radius 1 is 1.28 bits per heavy atom. The van der Waals surface area contributed by atoms with Gasteiger partial charge in [0.1, 0.15) is 5.82 Å². The number of carbonyl (C=O) groups is 1. The Hall–Kier alpha value is -1.69. The molecule has 0 spiro atoms. The molecule has 1 heterocycles. The Morgan fingerprint density at radius 2 is 2.00 bits per heavy atom. The molecule has 0 aliphatic rings. The van der Waals surface area contributed by atoms with E-state index in [4.69, 9.17) is 0 Å². The summed E-state index contributed by atoms with van der Waals surface area (Å²) in [7, 11) is 1.57. The van der Waals surface area contributed by atoms with Crippen LogP contribution in [0.15, 0.2) is 12.1 Å². The van der Waals surface area contributed by atoms with E-state index in [9.17, 15) is 4.79 Å². The number of rotatable bonds is 7. The van der Waals surface area contributed by atoms with Crippen LogP contribution in [0.1, 0.15) is 24.3 Å². The fourth-order valence-corrected chi connectivity index (χ4v) is 1.56. The fourth-order valence-electron chi connectivity index (χ4n) is 1.56. The number of carbonyl (C=O) groups excluding carboxylic acids is 1. The first-order chi connectivity index (χ1) is 8.71. The minimum Gasteiger partial charge on any atom is -0.367 e. The number of aromatic nitrogens is 2. The van der Waals surface area contributed by atoms with Gasteiger partial charge in [0.2, 0.25) is 0 Å². The van der Waals surface area contributed by atoms with Crippen molar-refractivity contribution < 1.29 is 4.79 Å². The molecule has 100 valence electrons. The van der Waals surface area contributed by atoms with Crippen LogP contribution < -0.4 is 10.6 Å². The van der Waals surface area contributed by atoms with E-state index in [0.29, 0.717) is 11.5 Å². The second kappa shape index (κ2) is 7.60. The van der Waals surface area contributed by atoms with Gasteiger partial charge in [-0.3, -0.25) is 4.79 Å². The predicted octanol–water partition coefficient (Wildman–Crippen LogP) is 0.590. The van der Waals surface area contributed by atoms with Crippen LogP contribution in [0.25, 0.3) is 0 Å². The summed E-state index contributed by atoms with van der Waals surface area (Å²) in [5, 5.41) is 13.5. The molecule has 0 atom stereocenters. The van der Waals surface area contributed by atoms with E-state index in [1.54, 1.807) is 19.2 Å². The van der Waals surface area contributed by atoms with E-state index < -0.39 is 0 Å². The molecule has 0 aliphatic carbocycles. The van der Waals surface area contributed by atoms with Crippen molar-refractivity contribution in [1.29, 1.82) is 0 Å². The summed E-state index contributed by atoms with van der Waals surface area (Å²) in [6, 6.07) is 3.42. The lowest BCUT2D eigenvalue weighted by Gasteiger charge is -2.17. The van der Waals surface area contributed by atoms with Crippen LogP contribution in [-0.2, 0) is 0 Å². The van der Waals surface area contributed by atoms with Gasteiger partial charge in [0.05, 0.1) is 0 Å². The number of hydrogen-bond acceptors (Lipinski definition) is 5. The normalized spacial score (nSPS) is 10.4. The molecule has 2 N–H and O–H groups in total. The fraction of sp³-hybridized carbons (Fsp3) is 0.583. The molecular weight excluding hydrogens is 230 g/mol. The molecule has 1 rings (SSSR count). The van der Waals surface area contributed by atoms with Crippen molar-refractivity contribution in [3.63, 3.8) is 0 Å². The van der Waals surface area contributed by atoms with E-state index in [-0.39, 0.29) is 5.91 Å². The Kier molecular flexibility index (Phi) is 6.07. The van der Waals surface area contributed by atoms with Crippen molar-refractivity contribution in [2.24, 2.45) is 0 Å². The summed E-state index contributed by atoms with van der Waals surface area (Å²) in [6.07, 6.45) is 0. The molecule has 1 aromatic heterocycles. The van der Waals surface area contributed by atoms with Crippen molar-refractivity contribution >= 4 is 11.7 Å². The molecule has 6 heteroatoms.